The van der Waals surface area contributed by atoms with Crippen LogP contribution in [0.4, 0.5) is 13.2 Å². The van der Waals surface area contributed by atoms with E-state index in [1.807, 2.05) is 32.9 Å². The summed E-state index contributed by atoms with van der Waals surface area (Å²) in [6, 6.07) is -1.46. The molecule has 1 aliphatic rings. The number of hydrogen-bond donors (Lipinski definition) is 5. The number of alkyl halides is 3. The van der Waals surface area contributed by atoms with Crippen molar-refractivity contribution < 1.29 is 42.9 Å². The number of aliphatic carboxylic acids is 2. The molecule has 5 N–H and O–H groups in total. The van der Waals surface area contributed by atoms with Crippen LogP contribution in [-0.4, -0.2) is 63.6 Å². The second-order valence-electron chi connectivity index (χ2n) is 7.23. The summed E-state index contributed by atoms with van der Waals surface area (Å²) in [5, 5.41) is 32.7. The van der Waals surface area contributed by atoms with Crippen molar-refractivity contribution in [2.75, 3.05) is 0 Å². The van der Waals surface area contributed by atoms with E-state index in [0.717, 1.165) is 0 Å². The van der Waals surface area contributed by atoms with Crippen LogP contribution in [0.25, 0.3) is 0 Å². The van der Waals surface area contributed by atoms with Crippen molar-refractivity contribution in [3.63, 3.8) is 0 Å². The van der Waals surface area contributed by atoms with Crippen LogP contribution in [0.2, 0.25) is 0 Å². The number of amides is 1. The lowest BCUT2D eigenvalue weighted by Gasteiger charge is -2.32. The fourth-order valence-corrected chi connectivity index (χ4v) is 3.12. The minimum Gasteiger partial charge on any atom is -0.480 e. The Morgan fingerprint density at radius 3 is 2.10 bits per heavy atom. The van der Waals surface area contributed by atoms with Crippen molar-refractivity contribution in [2.45, 2.75) is 70.9 Å². The summed E-state index contributed by atoms with van der Waals surface area (Å²) in [6.45, 7) is 7.28. The van der Waals surface area contributed by atoms with E-state index < -0.39 is 36.3 Å². The topological polar surface area (TPSA) is 136 Å². The van der Waals surface area contributed by atoms with Gasteiger partial charge in [-0.15, -0.1) is 0 Å². The number of rotatable bonds is 7. The van der Waals surface area contributed by atoms with Crippen molar-refractivity contribution in [1.82, 2.24) is 10.6 Å². The Hall–Kier alpha value is -2.14. The summed E-state index contributed by atoms with van der Waals surface area (Å²) >= 11 is 0. The second kappa shape index (κ2) is 11.8. The largest absolute Gasteiger partial charge is 0.490 e. The van der Waals surface area contributed by atoms with Crippen LogP contribution in [0.5, 0.6) is 0 Å². The monoisotopic (exact) mass is 426 g/mol. The summed E-state index contributed by atoms with van der Waals surface area (Å²) in [7, 11) is 0. The molecule has 8 nitrogen and oxygen atoms in total. The smallest absolute Gasteiger partial charge is 0.480 e. The number of hydrogen-bond acceptors (Lipinski definition) is 5. The first-order chi connectivity index (χ1) is 13.2. The molecule has 1 aliphatic heterocycles. The number of aliphatic hydroxyl groups excluding tert-OH is 1. The molecule has 0 aromatic carbocycles. The Morgan fingerprint density at radius 2 is 1.76 bits per heavy atom. The van der Waals surface area contributed by atoms with E-state index in [0.29, 0.717) is 12.8 Å². The van der Waals surface area contributed by atoms with E-state index in [1.165, 1.54) is 6.92 Å². The molecule has 11 heteroatoms. The SMILES string of the molecule is C/C=C\[C@@H]1C[C@H](C(=O)O)N[C@H]1[C@@H](NC(C)=O)[C@@H](O)CC(C)C.O=C(O)C(F)(F)F. The minimum absolute atomic E-state index is 0.0373. The van der Waals surface area contributed by atoms with Gasteiger partial charge in [-0.1, -0.05) is 26.0 Å². The predicted molar refractivity (Wildman–Crippen MR) is 98.0 cm³/mol. The van der Waals surface area contributed by atoms with Crippen molar-refractivity contribution >= 4 is 17.8 Å². The predicted octanol–water partition coefficient (Wildman–Crippen LogP) is 1.54. The highest BCUT2D eigenvalue weighted by Gasteiger charge is 2.42. The molecule has 0 aromatic rings. The molecule has 0 aliphatic carbocycles. The zero-order valence-electron chi connectivity index (χ0n) is 16.7. The zero-order valence-corrected chi connectivity index (χ0v) is 16.7. The number of halogens is 3. The normalized spacial score (nSPS) is 24.0. The van der Waals surface area contributed by atoms with E-state index in [2.05, 4.69) is 10.6 Å². The Kier molecular flexibility index (Phi) is 10.9. The molecule has 0 unspecified atom stereocenters. The van der Waals surface area contributed by atoms with E-state index in [4.69, 9.17) is 9.90 Å². The summed E-state index contributed by atoms with van der Waals surface area (Å²) in [5.41, 5.74) is 0. The number of carbonyl (C=O) groups excluding carboxylic acids is 1. The number of carboxylic acids is 2. The fraction of sp³-hybridized carbons (Fsp3) is 0.722. The fourth-order valence-electron chi connectivity index (χ4n) is 3.12. The van der Waals surface area contributed by atoms with Crippen LogP contribution in [0.1, 0.15) is 40.5 Å². The Labute approximate surface area is 167 Å². The molecule has 0 bridgehead atoms. The standard InChI is InChI=1S/C16H28N2O4.C2HF3O2/c1-5-6-11-8-12(16(21)22)18-14(11)15(17-10(4)19)13(20)7-9(2)3;3-2(4,5)1(6)7/h5-6,9,11-15,18,20H,7-8H2,1-4H3,(H,17,19)(H,21,22);(H,6,7)/b6-5-;/t11-,12-,13+,14-,15+;/m1./s1. The highest BCUT2D eigenvalue weighted by atomic mass is 19.4. The van der Waals surface area contributed by atoms with Crippen LogP contribution in [0, 0.1) is 11.8 Å². The van der Waals surface area contributed by atoms with Gasteiger partial charge in [0.2, 0.25) is 5.91 Å². The number of carboxylic acid groups (broad SMARTS) is 2. The Morgan fingerprint density at radius 1 is 1.24 bits per heavy atom. The molecule has 0 spiro atoms. The molecule has 0 saturated carbocycles. The zero-order chi connectivity index (χ0) is 22.9. The van der Waals surface area contributed by atoms with Crippen molar-refractivity contribution in [3.8, 4) is 0 Å². The van der Waals surface area contributed by atoms with E-state index in [9.17, 15) is 33.0 Å². The Balaban J connectivity index is 0.000000956. The van der Waals surface area contributed by atoms with Gasteiger partial charge in [0.15, 0.2) is 0 Å². The van der Waals surface area contributed by atoms with Crippen LogP contribution < -0.4 is 10.6 Å². The number of aliphatic hydroxyl groups is 1. The van der Waals surface area contributed by atoms with Crippen molar-refractivity contribution in [3.05, 3.63) is 12.2 Å². The van der Waals surface area contributed by atoms with Gasteiger partial charge in [-0.25, -0.2) is 4.79 Å². The average molecular weight is 426 g/mol. The number of nitrogens with one attached hydrogen (secondary N) is 2. The lowest BCUT2D eigenvalue weighted by Crippen LogP contribution is -2.57. The van der Waals surface area contributed by atoms with Gasteiger partial charge in [0.05, 0.1) is 12.1 Å². The molecule has 5 atom stereocenters. The molecule has 1 heterocycles. The molecular formula is C18H29F3N2O6. The molecule has 1 fully saturated rings. The molecule has 1 amide bonds. The third-order valence-corrected chi connectivity index (χ3v) is 4.23. The van der Waals surface area contributed by atoms with E-state index >= 15 is 0 Å². The van der Waals surface area contributed by atoms with Gasteiger partial charge in [0.25, 0.3) is 0 Å². The summed E-state index contributed by atoms with van der Waals surface area (Å²) in [4.78, 5) is 31.6. The lowest BCUT2D eigenvalue weighted by atomic mass is 9.87. The molecule has 0 aromatic heterocycles. The first-order valence-electron chi connectivity index (χ1n) is 9.07. The maximum atomic E-state index is 11.5. The summed E-state index contributed by atoms with van der Waals surface area (Å²) in [6.07, 6.45) is -0.986. The molecule has 1 rings (SSSR count). The third-order valence-electron chi connectivity index (χ3n) is 4.23. The average Bonchev–Trinajstić information content (AvgIpc) is 2.95. The maximum absolute atomic E-state index is 11.5. The highest BCUT2D eigenvalue weighted by Crippen LogP contribution is 2.27. The van der Waals surface area contributed by atoms with Crippen molar-refractivity contribution in [1.29, 1.82) is 0 Å². The van der Waals surface area contributed by atoms with Gasteiger partial charge in [-0.2, -0.15) is 13.2 Å². The maximum Gasteiger partial charge on any atom is 0.490 e. The van der Waals surface area contributed by atoms with Gasteiger partial charge in [0, 0.05) is 13.0 Å². The van der Waals surface area contributed by atoms with Gasteiger partial charge < -0.3 is 20.6 Å². The van der Waals surface area contributed by atoms with Gasteiger partial charge in [-0.3, -0.25) is 14.9 Å². The van der Waals surface area contributed by atoms with Crippen LogP contribution in [0.3, 0.4) is 0 Å². The first kappa shape index (κ1) is 26.9. The number of carbonyl (C=O) groups is 3. The first-order valence-corrected chi connectivity index (χ1v) is 9.07. The quantitative estimate of drug-likeness (QED) is 0.390. The van der Waals surface area contributed by atoms with Gasteiger partial charge >= 0.3 is 18.1 Å². The molecular weight excluding hydrogens is 397 g/mol. The van der Waals surface area contributed by atoms with Crippen LogP contribution in [0.15, 0.2) is 12.2 Å². The lowest BCUT2D eigenvalue weighted by molar-refractivity contribution is -0.192. The van der Waals surface area contributed by atoms with E-state index in [-0.39, 0.29) is 23.8 Å². The molecule has 29 heavy (non-hydrogen) atoms. The minimum atomic E-state index is -5.08. The highest BCUT2D eigenvalue weighted by molar-refractivity contribution is 5.75. The van der Waals surface area contributed by atoms with E-state index in [1.54, 1.807) is 0 Å². The van der Waals surface area contributed by atoms with Crippen molar-refractivity contribution in [2.24, 2.45) is 11.8 Å². The Bertz CT molecular complexity index is 595. The van der Waals surface area contributed by atoms with Gasteiger partial charge in [0.1, 0.15) is 6.04 Å². The summed E-state index contributed by atoms with van der Waals surface area (Å²) in [5.74, 6) is -3.65. The van der Waals surface area contributed by atoms with Crippen LogP contribution in [-0.2, 0) is 14.4 Å². The molecule has 0 radical (unpaired) electrons. The van der Waals surface area contributed by atoms with Gasteiger partial charge in [-0.05, 0) is 31.6 Å². The molecule has 168 valence electrons. The summed E-state index contributed by atoms with van der Waals surface area (Å²) < 4.78 is 31.7. The second-order valence-corrected chi connectivity index (χ2v) is 7.23. The number of allylic oxidation sites excluding steroid dienone is 1. The molecule has 1 saturated heterocycles. The third kappa shape index (κ3) is 9.75. The van der Waals surface area contributed by atoms with Crippen LogP contribution >= 0.6 is 0 Å².